The molecule has 0 aliphatic carbocycles. The molecular weight excluding hydrogens is 290 g/mol. The van der Waals surface area contributed by atoms with Crippen LogP contribution in [0.1, 0.15) is 11.3 Å². The van der Waals surface area contributed by atoms with Gasteiger partial charge in [-0.15, -0.1) is 11.3 Å². The lowest BCUT2D eigenvalue weighted by atomic mass is 10.2. The van der Waals surface area contributed by atoms with Crippen molar-refractivity contribution in [2.45, 2.75) is 13.5 Å². The first kappa shape index (κ1) is 13.4. The molecule has 2 N–H and O–H groups in total. The van der Waals surface area contributed by atoms with E-state index in [9.17, 15) is 0 Å². The lowest BCUT2D eigenvalue weighted by Gasteiger charge is -2.10. The molecular formula is C15H14ClN3S. The van der Waals surface area contributed by atoms with Crippen LogP contribution in [0.15, 0.2) is 41.8 Å². The Hall–Kier alpha value is -1.62. The fourth-order valence-corrected chi connectivity index (χ4v) is 3.04. The van der Waals surface area contributed by atoms with Gasteiger partial charge in [-0.25, -0.2) is 4.68 Å². The summed E-state index contributed by atoms with van der Waals surface area (Å²) in [5.74, 6) is 0. The van der Waals surface area contributed by atoms with Crippen molar-refractivity contribution in [2.75, 3.05) is 0 Å². The number of nitrogens with zero attached hydrogens (tertiary/aromatic N) is 2. The average Bonchev–Trinajstić information content (AvgIpc) is 3.09. The van der Waals surface area contributed by atoms with Gasteiger partial charge < -0.3 is 5.73 Å². The molecule has 1 aromatic carbocycles. The monoisotopic (exact) mass is 303 g/mol. The minimum atomic E-state index is 0.422. The highest BCUT2D eigenvalue weighted by atomic mass is 35.5. The van der Waals surface area contributed by atoms with Crippen LogP contribution >= 0.6 is 22.9 Å². The van der Waals surface area contributed by atoms with Gasteiger partial charge in [0.15, 0.2) is 0 Å². The smallest absolute Gasteiger partial charge is 0.0844 e. The summed E-state index contributed by atoms with van der Waals surface area (Å²) in [4.78, 5) is 1.16. The van der Waals surface area contributed by atoms with Crippen molar-refractivity contribution in [2.24, 2.45) is 5.73 Å². The number of benzene rings is 1. The predicted octanol–water partition coefficient (Wildman–Crippen LogP) is 4.02. The third kappa shape index (κ3) is 2.26. The van der Waals surface area contributed by atoms with E-state index in [4.69, 9.17) is 17.3 Å². The number of hydrogen-bond donors (Lipinski definition) is 1. The minimum absolute atomic E-state index is 0.422. The lowest BCUT2D eigenvalue weighted by Crippen LogP contribution is -2.03. The van der Waals surface area contributed by atoms with E-state index in [1.807, 2.05) is 41.9 Å². The number of rotatable bonds is 3. The van der Waals surface area contributed by atoms with E-state index in [0.717, 1.165) is 32.5 Å². The topological polar surface area (TPSA) is 43.8 Å². The van der Waals surface area contributed by atoms with Crippen LogP contribution in [-0.4, -0.2) is 9.78 Å². The Balaban J connectivity index is 2.23. The largest absolute Gasteiger partial charge is 0.325 e. The molecule has 0 spiro atoms. The number of thiophene rings is 1. The number of aromatic nitrogens is 2. The van der Waals surface area contributed by atoms with Crippen molar-refractivity contribution < 1.29 is 0 Å². The number of hydrogen-bond acceptors (Lipinski definition) is 3. The van der Waals surface area contributed by atoms with E-state index in [2.05, 4.69) is 16.5 Å². The maximum atomic E-state index is 6.22. The summed E-state index contributed by atoms with van der Waals surface area (Å²) < 4.78 is 1.93. The van der Waals surface area contributed by atoms with Crippen molar-refractivity contribution in [3.05, 3.63) is 58.1 Å². The molecule has 3 aromatic rings. The first-order valence-corrected chi connectivity index (χ1v) is 7.55. The normalized spacial score (nSPS) is 10.9. The molecule has 5 heteroatoms. The van der Waals surface area contributed by atoms with E-state index >= 15 is 0 Å². The molecule has 102 valence electrons. The maximum Gasteiger partial charge on any atom is 0.0844 e. The summed E-state index contributed by atoms with van der Waals surface area (Å²) in [7, 11) is 0. The molecule has 0 aliphatic heterocycles. The number of halogens is 1. The highest BCUT2D eigenvalue weighted by molar-refractivity contribution is 7.13. The Labute approximate surface area is 126 Å². The van der Waals surface area contributed by atoms with Crippen LogP contribution in [0.4, 0.5) is 0 Å². The Kier molecular flexibility index (Phi) is 3.61. The average molecular weight is 304 g/mol. The van der Waals surface area contributed by atoms with Crippen molar-refractivity contribution >= 4 is 22.9 Å². The fraction of sp³-hybridized carbons (Fsp3) is 0.133. The van der Waals surface area contributed by atoms with Crippen LogP contribution in [0, 0.1) is 6.92 Å². The summed E-state index contributed by atoms with van der Waals surface area (Å²) in [6.07, 6.45) is 0. The van der Waals surface area contributed by atoms with Crippen LogP contribution in [-0.2, 0) is 6.54 Å². The minimum Gasteiger partial charge on any atom is -0.325 e. The second-order valence-electron chi connectivity index (χ2n) is 4.50. The molecule has 0 atom stereocenters. The molecule has 0 radical (unpaired) electrons. The molecule has 20 heavy (non-hydrogen) atoms. The van der Waals surface area contributed by atoms with Gasteiger partial charge in [-0.05, 0) is 42.1 Å². The number of nitrogens with two attached hydrogens (primary N) is 1. The molecule has 3 rings (SSSR count). The third-order valence-corrected chi connectivity index (χ3v) is 4.51. The quantitative estimate of drug-likeness (QED) is 0.794. The molecule has 2 heterocycles. The zero-order chi connectivity index (χ0) is 14.1. The van der Waals surface area contributed by atoms with Crippen LogP contribution < -0.4 is 5.73 Å². The summed E-state index contributed by atoms with van der Waals surface area (Å²) in [6, 6.07) is 12.0. The molecule has 0 bridgehead atoms. The Morgan fingerprint density at radius 1 is 1.30 bits per heavy atom. The summed E-state index contributed by atoms with van der Waals surface area (Å²) in [5, 5.41) is 7.39. The molecule has 0 saturated heterocycles. The highest BCUT2D eigenvalue weighted by Gasteiger charge is 2.14. The van der Waals surface area contributed by atoms with Crippen LogP contribution in [0.3, 0.4) is 0 Å². The SMILES string of the molecule is Cc1c(Cl)cccc1-n1nc(CN)cc1-c1cccs1. The van der Waals surface area contributed by atoms with E-state index < -0.39 is 0 Å². The van der Waals surface area contributed by atoms with Gasteiger partial charge >= 0.3 is 0 Å². The Morgan fingerprint density at radius 3 is 2.85 bits per heavy atom. The molecule has 3 nitrogen and oxygen atoms in total. The van der Waals surface area contributed by atoms with E-state index in [1.165, 1.54) is 0 Å². The first-order chi connectivity index (χ1) is 9.70. The molecule has 0 amide bonds. The van der Waals surface area contributed by atoms with Gasteiger partial charge in [-0.2, -0.15) is 5.10 Å². The van der Waals surface area contributed by atoms with E-state index in [1.54, 1.807) is 11.3 Å². The molecule has 0 saturated carbocycles. The second-order valence-corrected chi connectivity index (χ2v) is 5.85. The fourth-order valence-electron chi connectivity index (χ4n) is 2.14. The van der Waals surface area contributed by atoms with Gasteiger partial charge in [0.25, 0.3) is 0 Å². The van der Waals surface area contributed by atoms with Crippen molar-refractivity contribution in [3.8, 4) is 16.3 Å². The summed E-state index contributed by atoms with van der Waals surface area (Å²) in [5.41, 5.74) is 9.65. The molecule has 2 aromatic heterocycles. The van der Waals surface area contributed by atoms with E-state index in [0.29, 0.717) is 6.54 Å². The Bertz CT molecular complexity index is 732. The lowest BCUT2D eigenvalue weighted by molar-refractivity contribution is 0.834. The van der Waals surface area contributed by atoms with Gasteiger partial charge in [0, 0.05) is 11.6 Å². The van der Waals surface area contributed by atoms with Gasteiger partial charge in [0.2, 0.25) is 0 Å². The van der Waals surface area contributed by atoms with Gasteiger partial charge in [-0.1, -0.05) is 23.7 Å². The zero-order valence-corrected chi connectivity index (χ0v) is 12.6. The molecule has 0 unspecified atom stereocenters. The van der Waals surface area contributed by atoms with Crippen LogP contribution in [0.5, 0.6) is 0 Å². The summed E-state index contributed by atoms with van der Waals surface area (Å²) in [6.45, 7) is 2.42. The van der Waals surface area contributed by atoms with E-state index in [-0.39, 0.29) is 0 Å². The third-order valence-electron chi connectivity index (χ3n) is 3.21. The standard InChI is InChI=1S/C15H14ClN3S/c1-10-12(16)4-2-5-13(10)19-14(8-11(9-17)18-19)15-6-3-7-20-15/h2-8H,9,17H2,1H3. The van der Waals surface area contributed by atoms with Crippen LogP contribution in [0.2, 0.25) is 5.02 Å². The zero-order valence-electron chi connectivity index (χ0n) is 11.0. The van der Waals surface area contributed by atoms with Crippen molar-refractivity contribution in [3.63, 3.8) is 0 Å². The molecule has 0 aliphatic rings. The predicted molar refractivity (Wildman–Crippen MR) is 84.5 cm³/mol. The van der Waals surface area contributed by atoms with Gasteiger partial charge in [0.05, 0.1) is 22.0 Å². The molecule has 0 fully saturated rings. The van der Waals surface area contributed by atoms with Crippen molar-refractivity contribution in [1.29, 1.82) is 0 Å². The second kappa shape index (κ2) is 5.40. The van der Waals surface area contributed by atoms with Gasteiger partial charge in [0.1, 0.15) is 0 Å². The summed E-state index contributed by atoms with van der Waals surface area (Å²) >= 11 is 7.90. The van der Waals surface area contributed by atoms with Crippen molar-refractivity contribution in [1.82, 2.24) is 9.78 Å². The highest BCUT2D eigenvalue weighted by Crippen LogP contribution is 2.30. The van der Waals surface area contributed by atoms with Gasteiger partial charge in [-0.3, -0.25) is 0 Å². The van der Waals surface area contributed by atoms with Crippen LogP contribution in [0.25, 0.3) is 16.3 Å². The Morgan fingerprint density at radius 2 is 2.15 bits per heavy atom. The maximum absolute atomic E-state index is 6.22. The first-order valence-electron chi connectivity index (χ1n) is 6.29.